The largest absolute Gasteiger partial charge is 0.486 e. The van der Waals surface area contributed by atoms with Crippen LogP contribution in [0.3, 0.4) is 0 Å². The van der Waals surface area contributed by atoms with E-state index >= 15 is 0 Å². The molecule has 3 nitrogen and oxygen atoms in total. The Bertz CT molecular complexity index is 386. The minimum Gasteiger partial charge on any atom is -0.486 e. The van der Waals surface area contributed by atoms with Crippen molar-refractivity contribution < 1.29 is 4.74 Å². The van der Waals surface area contributed by atoms with Gasteiger partial charge in [-0.15, -0.1) is 0 Å². The van der Waals surface area contributed by atoms with E-state index in [1.165, 1.54) is 11.3 Å². The molecule has 2 aromatic rings. The van der Waals surface area contributed by atoms with Crippen molar-refractivity contribution in [1.82, 2.24) is 9.97 Å². The molecule has 2 heterocycles. The molecular weight excluding hydrogens is 184 g/mol. The van der Waals surface area contributed by atoms with Crippen molar-refractivity contribution in [2.45, 2.75) is 0 Å². The van der Waals surface area contributed by atoms with E-state index in [1.54, 1.807) is 25.7 Å². The van der Waals surface area contributed by atoms with Crippen LogP contribution in [0.2, 0.25) is 0 Å². The van der Waals surface area contributed by atoms with Gasteiger partial charge in [0.05, 0.1) is 13.3 Å². The molecule has 0 unspecified atom stereocenters. The molecule has 0 radical (unpaired) electrons. The molecule has 0 aliphatic heterocycles. The Hall–Kier alpha value is -1.42. The van der Waals surface area contributed by atoms with Gasteiger partial charge in [0.1, 0.15) is 5.01 Å². The molecule has 0 aromatic carbocycles. The average molecular weight is 192 g/mol. The summed E-state index contributed by atoms with van der Waals surface area (Å²) in [4.78, 5) is 8.17. The van der Waals surface area contributed by atoms with Crippen LogP contribution >= 0.6 is 11.3 Å². The second-order valence-corrected chi connectivity index (χ2v) is 3.42. The maximum atomic E-state index is 5.06. The number of hydrogen-bond acceptors (Lipinski definition) is 4. The van der Waals surface area contributed by atoms with Gasteiger partial charge < -0.3 is 4.74 Å². The first-order chi connectivity index (χ1) is 6.40. The highest BCUT2D eigenvalue weighted by molar-refractivity contribution is 7.16. The van der Waals surface area contributed by atoms with Gasteiger partial charge in [0, 0.05) is 18.0 Å². The third-order valence-electron chi connectivity index (χ3n) is 1.61. The van der Waals surface area contributed by atoms with E-state index in [2.05, 4.69) is 9.97 Å². The van der Waals surface area contributed by atoms with Gasteiger partial charge >= 0.3 is 0 Å². The van der Waals surface area contributed by atoms with E-state index in [9.17, 15) is 0 Å². The normalized spacial score (nSPS) is 9.92. The summed E-state index contributed by atoms with van der Waals surface area (Å²) in [6.45, 7) is 0. The summed E-state index contributed by atoms with van der Waals surface area (Å²) in [5.41, 5.74) is 1.07. The smallest absolute Gasteiger partial charge is 0.194 e. The van der Waals surface area contributed by atoms with Crippen LogP contribution in [0.25, 0.3) is 10.6 Å². The van der Waals surface area contributed by atoms with Gasteiger partial charge in [-0.25, -0.2) is 4.98 Å². The standard InChI is InChI=1S/C9H8N2OS/c1-12-8-6-11-9(13-8)7-2-4-10-5-3-7/h2-6H,1H3. The predicted molar refractivity (Wildman–Crippen MR) is 51.9 cm³/mol. The first-order valence-corrected chi connectivity index (χ1v) is 4.62. The van der Waals surface area contributed by atoms with Crippen LogP contribution in [-0.2, 0) is 0 Å². The van der Waals surface area contributed by atoms with Crippen molar-refractivity contribution >= 4 is 11.3 Å². The fraction of sp³-hybridized carbons (Fsp3) is 0.111. The molecule has 0 spiro atoms. The minimum atomic E-state index is 0.826. The zero-order valence-corrected chi connectivity index (χ0v) is 7.91. The molecule has 4 heteroatoms. The first-order valence-electron chi connectivity index (χ1n) is 3.80. The lowest BCUT2D eigenvalue weighted by Crippen LogP contribution is -1.74. The summed E-state index contributed by atoms with van der Waals surface area (Å²) in [6, 6.07) is 3.86. The first kappa shape index (κ1) is 8.19. The molecule has 0 fully saturated rings. The highest BCUT2D eigenvalue weighted by Crippen LogP contribution is 2.28. The Morgan fingerprint density at radius 1 is 1.31 bits per heavy atom. The second-order valence-electron chi connectivity index (χ2n) is 2.42. The predicted octanol–water partition coefficient (Wildman–Crippen LogP) is 2.21. The number of aromatic nitrogens is 2. The number of hydrogen-bond donors (Lipinski definition) is 0. The number of methoxy groups -OCH3 is 1. The van der Waals surface area contributed by atoms with Crippen LogP contribution < -0.4 is 4.74 Å². The van der Waals surface area contributed by atoms with Gasteiger partial charge in [-0.2, -0.15) is 0 Å². The minimum absolute atomic E-state index is 0.826. The van der Waals surface area contributed by atoms with E-state index in [0.717, 1.165) is 15.6 Å². The van der Waals surface area contributed by atoms with Crippen LogP contribution in [0, 0.1) is 0 Å². The molecule has 2 aromatic heterocycles. The van der Waals surface area contributed by atoms with Gasteiger partial charge in [0.2, 0.25) is 0 Å². The molecule has 2 rings (SSSR count). The summed E-state index contributed by atoms with van der Waals surface area (Å²) in [7, 11) is 1.64. The van der Waals surface area contributed by atoms with Crippen LogP contribution in [0.15, 0.2) is 30.7 Å². The monoisotopic (exact) mass is 192 g/mol. The van der Waals surface area contributed by atoms with E-state index < -0.39 is 0 Å². The number of pyridine rings is 1. The molecule has 0 N–H and O–H groups in total. The van der Waals surface area contributed by atoms with E-state index in [4.69, 9.17) is 4.74 Å². The third-order valence-corrected chi connectivity index (χ3v) is 2.62. The van der Waals surface area contributed by atoms with Crippen molar-refractivity contribution in [3.05, 3.63) is 30.7 Å². The van der Waals surface area contributed by atoms with Crippen LogP contribution in [0.4, 0.5) is 0 Å². The topological polar surface area (TPSA) is 35.0 Å². The number of thiazole rings is 1. The quantitative estimate of drug-likeness (QED) is 0.731. The molecule has 0 saturated heterocycles. The van der Waals surface area contributed by atoms with Crippen molar-refractivity contribution in [2.24, 2.45) is 0 Å². The molecule has 13 heavy (non-hydrogen) atoms. The zero-order valence-electron chi connectivity index (χ0n) is 7.10. The Labute approximate surface area is 80.0 Å². The molecular formula is C9H8N2OS. The molecule has 0 atom stereocenters. The summed E-state index contributed by atoms with van der Waals surface area (Å²) in [5, 5.41) is 1.78. The highest BCUT2D eigenvalue weighted by Gasteiger charge is 2.03. The number of rotatable bonds is 2. The Morgan fingerprint density at radius 3 is 2.69 bits per heavy atom. The van der Waals surface area contributed by atoms with Gasteiger partial charge in [0.25, 0.3) is 0 Å². The van der Waals surface area contributed by atoms with Crippen LogP contribution in [0.5, 0.6) is 5.06 Å². The van der Waals surface area contributed by atoms with Crippen molar-refractivity contribution in [3.8, 4) is 15.6 Å². The van der Waals surface area contributed by atoms with Gasteiger partial charge in [-0.1, -0.05) is 11.3 Å². The molecule has 0 aliphatic carbocycles. The fourth-order valence-electron chi connectivity index (χ4n) is 0.982. The van der Waals surface area contributed by atoms with Crippen molar-refractivity contribution in [1.29, 1.82) is 0 Å². The molecule has 0 amide bonds. The SMILES string of the molecule is COc1cnc(-c2ccncc2)s1. The maximum absolute atomic E-state index is 5.06. The molecule has 66 valence electrons. The lowest BCUT2D eigenvalue weighted by molar-refractivity contribution is 0.426. The molecule has 0 aliphatic rings. The van der Waals surface area contributed by atoms with Crippen molar-refractivity contribution in [3.63, 3.8) is 0 Å². The highest BCUT2D eigenvalue weighted by atomic mass is 32.1. The number of ether oxygens (including phenoxy) is 1. The van der Waals surface area contributed by atoms with E-state index in [1.807, 2.05) is 12.1 Å². The maximum Gasteiger partial charge on any atom is 0.194 e. The number of nitrogens with zero attached hydrogens (tertiary/aromatic N) is 2. The fourth-order valence-corrected chi connectivity index (χ4v) is 1.72. The average Bonchev–Trinajstić information content (AvgIpc) is 2.67. The summed E-state index contributed by atoms with van der Waals surface area (Å²) in [5.74, 6) is 0. The van der Waals surface area contributed by atoms with Crippen molar-refractivity contribution in [2.75, 3.05) is 7.11 Å². The van der Waals surface area contributed by atoms with Gasteiger partial charge in [-0.05, 0) is 12.1 Å². The van der Waals surface area contributed by atoms with Crippen LogP contribution in [0.1, 0.15) is 0 Å². The Kier molecular flexibility index (Phi) is 2.23. The van der Waals surface area contributed by atoms with E-state index in [0.29, 0.717) is 0 Å². The summed E-state index contributed by atoms with van der Waals surface area (Å²) >= 11 is 1.52. The van der Waals surface area contributed by atoms with Crippen LogP contribution in [-0.4, -0.2) is 17.1 Å². The second kappa shape index (κ2) is 3.53. The van der Waals surface area contributed by atoms with E-state index in [-0.39, 0.29) is 0 Å². The Morgan fingerprint density at radius 2 is 2.08 bits per heavy atom. The summed E-state index contributed by atoms with van der Waals surface area (Å²) in [6.07, 6.45) is 5.23. The van der Waals surface area contributed by atoms with Gasteiger partial charge in [0.15, 0.2) is 5.06 Å². The molecule has 0 saturated carbocycles. The summed E-state index contributed by atoms with van der Waals surface area (Å²) < 4.78 is 5.06. The lowest BCUT2D eigenvalue weighted by atomic mass is 10.3. The Balaban J connectivity index is 2.36. The third kappa shape index (κ3) is 1.67. The lowest BCUT2D eigenvalue weighted by Gasteiger charge is -1.92. The molecule has 0 bridgehead atoms. The zero-order chi connectivity index (χ0) is 9.10. The van der Waals surface area contributed by atoms with Gasteiger partial charge in [-0.3, -0.25) is 4.98 Å².